The number of likely N-dealkylation sites (N-methyl/N-ethyl adjacent to an activating group) is 1. The molecule has 1 unspecified atom stereocenters. The van der Waals surface area contributed by atoms with Crippen molar-refractivity contribution in [1.82, 2.24) is 10.2 Å². The molecular formula is C12H21N3O3S. The summed E-state index contributed by atoms with van der Waals surface area (Å²) < 4.78 is 0. The predicted molar refractivity (Wildman–Crippen MR) is 76.8 cm³/mol. The molecule has 0 aliphatic carbocycles. The molecule has 108 valence electrons. The maximum atomic E-state index is 11.9. The Hall–Kier alpha value is -1.24. The van der Waals surface area contributed by atoms with Crippen molar-refractivity contribution in [2.24, 2.45) is 10.9 Å². The fourth-order valence-corrected chi connectivity index (χ4v) is 2.63. The van der Waals surface area contributed by atoms with Gasteiger partial charge in [0.25, 0.3) is 0 Å². The fourth-order valence-electron chi connectivity index (χ4n) is 1.80. The summed E-state index contributed by atoms with van der Waals surface area (Å²) in [4.78, 5) is 28.8. The lowest BCUT2D eigenvalue weighted by molar-refractivity contribution is -0.140. The summed E-state index contributed by atoms with van der Waals surface area (Å²) in [7, 11) is 1.66. The Bertz CT molecular complexity index is 384. The van der Waals surface area contributed by atoms with E-state index in [1.165, 1.54) is 4.90 Å². The Balaban J connectivity index is 2.50. The van der Waals surface area contributed by atoms with Crippen molar-refractivity contribution in [3.63, 3.8) is 0 Å². The summed E-state index contributed by atoms with van der Waals surface area (Å²) in [6.45, 7) is 5.98. The second-order valence-electron chi connectivity index (χ2n) is 5.00. The minimum absolute atomic E-state index is 0.100. The molecule has 7 heteroatoms. The zero-order chi connectivity index (χ0) is 14.6. The first-order chi connectivity index (χ1) is 8.81. The van der Waals surface area contributed by atoms with Crippen LogP contribution in [0.1, 0.15) is 20.8 Å². The number of thioether (sulfide) groups is 1. The summed E-state index contributed by atoms with van der Waals surface area (Å²) in [6.07, 6.45) is 0. The third kappa shape index (κ3) is 4.74. The molecular weight excluding hydrogens is 266 g/mol. The van der Waals surface area contributed by atoms with Gasteiger partial charge in [-0.3, -0.25) is 4.99 Å². The SMILES string of the molecule is CC1=NC(CN(C)C(=O)N[C@H](C(=O)O)C(C)C)CS1. The van der Waals surface area contributed by atoms with Crippen molar-refractivity contribution >= 4 is 28.8 Å². The first-order valence-corrected chi connectivity index (χ1v) is 7.21. The van der Waals surface area contributed by atoms with Gasteiger partial charge in [-0.1, -0.05) is 13.8 Å². The Kier molecular flexibility index (Phi) is 5.65. The first-order valence-electron chi connectivity index (χ1n) is 6.23. The van der Waals surface area contributed by atoms with Gasteiger partial charge >= 0.3 is 12.0 Å². The van der Waals surface area contributed by atoms with Gasteiger partial charge in [0.1, 0.15) is 6.04 Å². The number of carboxylic acids is 1. The van der Waals surface area contributed by atoms with E-state index in [9.17, 15) is 9.59 Å². The van der Waals surface area contributed by atoms with Gasteiger partial charge in [-0.25, -0.2) is 9.59 Å². The van der Waals surface area contributed by atoms with Crippen molar-refractivity contribution in [2.75, 3.05) is 19.3 Å². The van der Waals surface area contributed by atoms with Gasteiger partial charge in [-0.2, -0.15) is 0 Å². The molecule has 2 amide bonds. The van der Waals surface area contributed by atoms with E-state index in [1.54, 1.807) is 32.7 Å². The second-order valence-corrected chi connectivity index (χ2v) is 6.22. The number of nitrogens with one attached hydrogen (secondary N) is 1. The van der Waals surface area contributed by atoms with E-state index < -0.39 is 12.0 Å². The summed E-state index contributed by atoms with van der Waals surface area (Å²) in [5.41, 5.74) is 0. The van der Waals surface area contributed by atoms with E-state index >= 15 is 0 Å². The number of carbonyl (C=O) groups excluding carboxylic acids is 1. The third-order valence-corrected chi connectivity index (χ3v) is 3.97. The molecule has 0 saturated heterocycles. The van der Waals surface area contributed by atoms with Gasteiger partial charge in [-0.15, -0.1) is 11.8 Å². The molecule has 0 bridgehead atoms. The Labute approximate surface area is 117 Å². The van der Waals surface area contributed by atoms with Gasteiger partial charge in [0, 0.05) is 19.3 Å². The highest BCUT2D eigenvalue weighted by Gasteiger charge is 2.26. The van der Waals surface area contributed by atoms with E-state index in [0.29, 0.717) is 6.54 Å². The predicted octanol–water partition coefficient (Wildman–Crippen LogP) is 1.27. The fraction of sp³-hybridized carbons (Fsp3) is 0.750. The number of amides is 2. The van der Waals surface area contributed by atoms with Crippen LogP contribution in [-0.2, 0) is 4.79 Å². The van der Waals surface area contributed by atoms with Crippen molar-refractivity contribution in [1.29, 1.82) is 0 Å². The molecule has 6 nitrogen and oxygen atoms in total. The number of hydrogen-bond donors (Lipinski definition) is 2. The molecule has 1 rings (SSSR count). The van der Waals surface area contributed by atoms with Crippen LogP contribution in [0.25, 0.3) is 0 Å². The van der Waals surface area contributed by atoms with Gasteiger partial charge in [0.2, 0.25) is 0 Å². The van der Waals surface area contributed by atoms with E-state index in [2.05, 4.69) is 10.3 Å². The zero-order valence-corrected chi connectivity index (χ0v) is 12.5. The lowest BCUT2D eigenvalue weighted by Crippen LogP contribution is -2.50. The number of urea groups is 1. The molecule has 1 heterocycles. The van der Waals surface area contributed by atoms with Crippen LogP contribution in [0.5, 0.6) is 0 Å². The third-order valence-electron chi connectivity index (χ3n) is 2.89. The van der Waals surface area contributed by atoms with Gasteiger partial charge in [0.15, 0.2) is 0 Å². The van der Waals surface area contributed by atoms with E-state index in [1.807, 2.05) is 6.92 Å². The molecule has 2 N–H and O–H groups in total. The second kappa shape index (κ2) is 6.79. The smallest absolute Gasteiger partial charge is 0.326 e. The molecule has 0 aromatic carbocycles. The number of carboxylic acid groups (broad SMARTS) is 1. The molecule has 2 atom stereocenters. The van der Waals surface area contributed by atoms with Crippen LogP contribution in [-0.4, -0.2) is 58.5 Å². The monoisotopic (exact) mass is 287 g/mol. The van der Waals surface area contributed by atoms with Crippen LogP contribution in [0.3, 0.4) is 0 Å². The van der Waals surface area contributed by atoms with Crippen molar-refractivity contribution < 1.29 is 14.7 Å². The van der Waals surface area contributed by atoms with Gasteiger partial charge < -0.3 is 15.3 Å². The van der Waals surface area contributed by atoms with Crippen molar-refractivity contribution in [3.8, 4) is 0 Å². The summed E-state index contributed by atoms with van der Waals surface area (Å²) in [6, 6.07) is -1.13. The van der Waals surface area contributed by atoms with Crippen molar-refractivity contribution in [3.05, 3.63) is 0 Å². The molecule has 0 aromatic heterocycles. The molecule has 0 fully saturated rings. The zero-order valence-electron chi connectivity index (χ0n) is 11.7. The number of hydrogen-bond acceptors (Lipinski definition) is 4. The molecule has 0 spiro atoms. The molecule has 0 radical (unpaired) electrons. The lowest BCUT2D eigenvalue weighted by Gasteiger charge is -2.24. The topological polar surface area (TPSA) is 82.0 Å². The van der Waals surface area contributed by atoms with Crippen LogP contribution in [0.2, 0.25) is 0 Å². The Morgan fingerprint density at radius 3 is 2.63 bits per heavy atom. The number of rotatable bonds is 5. The first kappa shape index (κ1) is 15.8. The van der Waals surface area contributed by atoms with E-state index in [0.717, 1.165) is 10.8 Å². The number of nitrogens with zero attached hydrogens (tertiary/aromatic N) is 2. The average Bonchev–Trinajstić information content (AvgIpc) is 2.70. The largest absolute Gasteiger partial charge is 0.480 e. The van der Waals surface area contributed by atoms with E-state index in [-0.39, 0.29) is 18.0 Å². The van der Waals surface area contributed by atoms with Crippen LogP contribution in [0, 0.1) is 5.92 Å². The molecule has 19 heavy (non-hydrogen) atoms. The average molecular weight is 287 g/mol. The quantitative estimate of drug-likeness (QED) is 0.798. The van der Waals surface area contributed by atoms with Crippen LogP contribution in [0.15, 0.2) is 4.99 Å². The highest BCUT2D eigenvalue weighted by Crippen LogP contribution is 2.18. The number of aliphatic carboxylic acids is 1. The number of carbonyl (C=O) groups is 2. The molecule has 1 aliphatic rings. The lowest BCUT2D eigenvalue weighted by atomic mass is 10.1. The Morgan fingerprint density at radius 1 is 1.58 bits per heavy atom. The molecule has 0 saturated carbocycles. The molecule has 1 aliphatic heterocycles. The number of aliphatic imine (C=N–C) groups is 1. The van der Waals surface area contributed by atoms with Crippen LogP contribution >= 0.6 is 11.8 Å². The van der Waals surface area contributed by atoms with Crippen LogP contribution in [0.4, 0.5) is 4.79 Å². The minimum atomic E-state index is -1.01. The standard InChI is InChI=1S/C12H21N3O3S/c1-7(2)10(11(16)17)14-12(18)15(4)5-9-6-19-8(3)13-9/h7,9-10H,5-6H2,1-4H3,(H,14,18)(H,16,17)/t9?,10-/m0/s1. The highest BCUT2D eigenvalue weighted by atomic mass is 32.2. The molecule has 0 aromatic rings. The van der Waals surface area contributed by atoms with E-state index in [4.69, 9.17) is 5.11 Å². The summed E-state index contributed by atoms with van der Waals surface area (Å²) in [5.74, 6) is -0.296. The van der Waals surface area contributed by atoms with Gasteiger partial charge in [0.05, 0.1) is 11.1 Å². The normalized spacial score (nSPS) is 20.1. The summed E-state index contributed by atoms with van der Waals surface area (Å²) in [5, 5.41) is 12.6. The maximum absolute atomic E-state index is 11.9. The van der Waals surface area contributed by atoms with Crippen molar-refractivity contribution in [2.45, 2.75) is 32.9 Å². The minimum Gasteiger partial charge on any atom is -0.480 e. The van der Waals surface area contributed by atoms with Gasteiger partial charge in [-0.05, 0) is 12.8 Å². The Morgan fingerprint density at radius 2 is 2.21 bits per heavy atom. The highest BCUT2D eigenvalue weighted by molar-refractivity contribution is 8.14. The summed E-state index contributed by atoms with van der Waals surface area (Å²) >= 11 is 1.68. The van der Waals surface area contributed by atoms with Crippen LogP contribution < -0.4 is 5.32 Å². The maximum Gasteiger partial charge on any atom is 0.326 e.